The molecular weight excluding hydrogens is 305 g/mol. The lowest BCUT2D eigenvalue weighted by molar-refractivity contribution is -0.115. The molecule has 1 amide bonds. The molecular formula is C19H16FN3O. The van der Waals surface area contributed by atoms with E-state index < -0.39 is 0 Å². The predicted molar refractivity (Wildman–Crippen MR) is 92.7 cm³/mol. The first-order chi connectivity index (χ1) is 11.7. The Hall–Kier alpha value is -3.21. The summed E-state index contributed by atoms with van der Waals surface area (Å²) in [5, 5.41) is 5.87. The largest absolute Gasteiger partial charge is 0.340 e. The van der Waals surface area contributed by atoms with E-state index >= 15 is 0 Å². The quantitative estimate of drug-likeness (QED) is 0.742. The molecule has 0 atom stereocenters. The van der Waals surface area contributed by atoms with Crippen LogP contribution in [0.25, 0.3) is 0 Å². The standard InChI is InChI=1S/C19H16FN3O/c20-15-6-8-16(9-7-15)22-18-11-10-17(13-21-18)23-19(24)12-14-4-2-1-3-5-14/h1-11,13H,12H2,(H,21,22)(H,23,24). The molecule has 0 spiro atoms. The van der Waals surface area contributed by atoms with Gasteiger partial charge in [-0.05, 0) is 42.0 Å². The van der Waals surface area contributed by atoms with E-state index in [9.17, 15) is 9.18 Å². The van der Waals surface area contributed by atoms with Crippen LogP contribution in [0.4, 0.5) is 21.6 Å². The smallest absolute Gasteiger partial charge is 0.228 e. The van der Waals surface area contributed by atoms with Crippen LogP contribution in [0, 0.1) is 5.82 Å². The number of aromatic nitrogens is 1. The third kappa shape index (κ3) is 4.39. The van der Waals surface area contributed by atoms with Crippen LogP contribution >= 0.6 is 0 Å². The third-order valence-corrected chi connectivity index (χ3v) is 3.37. The first kappa shape index (κ1) is 15.7. The Balaban J connectivity index is 1.58. The molecule has 3 rings (SSSR count). The molecule has 3 aromatic rings. The van der Waals surface area contributed by atoms with Gasteiger partial charge in [0.25, 0.3) is 0 Å². The fourth-order valence-corrected chi connectivity index (χ4v) is 2.21. The van der Waals surface area contributed by atoms with Gasteiger partial charge in [-0.3, -0.25) is 4.79 Å². The normalized spacial score (nSPS) is 10.2. The van der Waals surface area contributed by atoms with Gasteiger partial charge in [0.05, 0.1) is 18.3 Å². The average Bonchev–Trinajstić information content (AvgIpc) is 2.59. The zero-order chi connectivity index (χ0) is 16.8. The second-order valence-corrected chi connectivity index (χ2v) is 5.27. The second-order valence-electron chi connectivity index (χ2n) is 5.27. The van der Waals surface area contributed by atoms with Gasteiger partial charge in [-0.2, -0.15) is 0 Å². The van der Waals surface area contributed by atoms with Crippen LogP contribution in [-0.4, -0.2) is 10.9 Å². The molecule has 2 aromatic carbocycles. The highest BCUT2D eigenvalue weighted by Gasteiger charge is 2.04. The summed E-state index contributed by atoms with van der Waals surface area (Å²) >= 11 is 0. The topological polar surface area (TPSA) is 54.0 Å². The summed E-state index contributed by atoms with van der Waals surface area (Å²) in [6.45, 7) is 0. The first-order valence-corrected chi connectivity index (χ1v) is 7.51. The summed E-state index contributed by atoms with van der Waals surface area (Å²) in [4.78, 5) is 16.2. The molecule has 0 saturated carbocycles. The molecule has 0 aliphatic carbocycles. The maximum absolute atomic E-state index is 12.9. The maximum Gasteiger partial charge on any atom is 0.228 e. The van der Waals surface area contributed by atoms with E-state index in [1.807, 2.05) is 30.3 Å². The fourth-order valence-electron chi connectivity index (χ4n) is 2.21. The minimum Gasteiger partial charge on any atom is -0.340 e. The van der Waals surface area contributed by atoms with Gasteiger partial charge >= 0.3 is 0 Å². The van der Waals surface area contributed by atoms with Crippen LogP contribution in [0.1, 0.15) is 5.56 Å². The molecule has 1 aromatic heterocycles. The number of nitrogens with one attached hydrogen (secondary N) is 2. The van der Waals surface area contributed by atoms with E-state index in [0.717, 1.165) is 11.3 Å². The predicted octanol–water partition coefficient (Wildman–Crippen LogP) is 4.15. The van der Waals surface area contributed by atoms with Gasteiger partial charge < -0.3 is 10.6 Å². The van der Waals surface area contributed by atoms with E-state index in [2.05, 4.69) is 15.6 Å². The van der Waals surface area contributed by atoms with E-state index in [0.29, 0.717) is 17.9 Å². The number of benzene rings is 2. The second kappa shape index (κ2) is 7.37. The molecule has 0 fully saturated rings. The lowest BCUT2D eigenvalue weighted by atomic mass is 10.1. The number of nitrogens with zero attached hydrogens (tertiary/aromatic N) is 1. The van der Waals surface area contributed by atoms with Gasteiger partial charge in [0.15, 0.2) is 0 Å². The third-order valence-electron chi connectivity index (χ3n) is 3.37. The van der Waals surface area contributed by atoms with Crippen LogP contribution in [-0.2, 0) is 11.2 Å². The average molecular weight is 321 g/mol. The molecule has 1 heterocycles. The Morgan fingerprint density at radius 2 is 1.62 bits per heavy atom. The van der Waals surface area contributed by atoms with Gasteiger partial charge in [-0.15, -0.1) is 0 Å². The number of amides is 1. The van der Waals surface area contributed by atoms with Crippen molar-refractivity contribution in [1.82, 2.24) is 4.98 Å². The summed E-state index contributed by atoms with van der Waals surface area (Å²) in [5.74, 6) is 0.231. The Morgan fingerprint density at radius 1 is 0.917 bits per heavy atom. The van der Waals surface area contributed by atoms with Crippen molar-refractivity contribution >= 4 is 23.1 Å². The van der Waals surface area contributed by atoms with Crippen LogP contribution in [0.3, 0.4) is 0 Å². The highest BCUT2D eigenvalue weighted by atomic mass is 19.1. The van der Waals surface area contributed by atoms with E-state index in [4.69, 9.17) is 0 Å². The number of pyridine rings is 1. The minimum absolute atomic E-state index is 0.0951. The number of hydrogen-bond donors (Lipinski definition) is 2. The van der Waals surface area contributed by atoms with Crippen molar-refractivity contribution in [3.63, 3.8) is 0 Å². The molecule has 5 heteroatoms. The molecule has 4 nitrogen and oxygen atoms in total. The zero-order valence-electron chi connectivity index (χ0n) is 12.9. The van der Waals surface area contributed by atoms with Gasteiger partial charge in [0, 0.05) is 5.69 Å². The molecule has 0 unspecified atom stereocenters. The number of anilines is 3. The summed E-state index contributed by atoms with van der Waals surface area (Å²) in [7, 11) is 0. The van der Waals surface area contributed by atoms with Crippen molar-refractivity contribution in [3.8, 4) is 0 Å². The van der Waals surface area contributed by atoms with Gasteiger partial charge in [-0.1, -0.05) is 30.3 Å². The van der Waals surface area contributed by atoms with Crippen molar-refractivity contribution in [2.75, 3.05) is 10.6 Å². The number of carbonyl (C=O) groups is 1. The van der Waals surface area contributed by atoms with Crippen molar-refractivity contribution in [1.29, 1.82) is 0 Å². The van der Waals surface area contributed by atoms with Crippen molar-refractivity contribution in [2.24, 2.45) is 0 Å². The Labute approximate surface area is 139 Å². The number of halogens is 1. The highest BCUT2D eigenvalue weighted by molar-refractivity contribution is 5.92. The first-order valence-electron chi connectivity index (χ1n) is 7.51. The zero-order valence-corrected chi connectivity index (χ0v) is 12.9. The van der Waals surface area contributed by atoms with Gasteiger partial charge in [0.2, 0.25) is 5.91 Å². The van der Waals surface area contributed by atoms with Crippen LogP contribution in [0.2, 0.25) is 0 Å². The summed E-state index contributed by atoms with van der Waals surface area (Å²) in [6.07, 6.45) is 1.89. The molecule has 24 heavy (non-hydrogen) atoms. The van der Waals surface area contributed by atoms with E-state index in [1.165, 1.54) is 12.1 Å². The molecule has 2 N–H and O–H groups in total. The van der Waals surface area contributed by atoms with Crippen molar-refractivity contribution in [2.45, 2.75) is 6.42 Å². The molecule has 0 bridgehead atoms. The van der Waals surface area contributed by atoms with Crippen LogP contribution < -0.4 is 10.6 Å². The lowest BCUT2D eigenvalue weighted by Gasteiger charge is -2.08. The Bertz CT molecular complexity index is 802. The fraction of sp³-hybridized carbons (Fsp3) is 0.0526. The monoisotopic (exact) mass is 321 g/mol. The highest BCUT2D eigenvalue weighted by Crippen LogP contribution is 2.16. The number of rotatable bonds is 5. The number of hydrogen-bond acceptors (Lipinski definition) is 3. The van der Waals surface area contributed by atoms with Crippen molar-refractivity contribution < 1.29 is 9.18 Å². The summed E-state index contributed by atoms with van der Waals surface area (Å²) < 4.78 is 12.9. The molecule has 0 radical (unpaired) electrons. The van der Waals surface area contributed by atoms with Crippen LogP contribution in [0.15, 0.2) is 72.9 Å². The summed E-state index contributed by atoms with van der Waals surface area (Å²) in [5.41, 5.74) is 2.32. The Kier molecular flexibility index (Phi) is 4.81. The maximum atomic E-state index is 12.9. The summed E-state index contributed by atoms with van der Waals surface area (Å²) in [6, 6.07) is 19.1. The Morgan fingerprint density at radius 3 is 2.29 bits per heavy atom. The van der Waals surface area contributed by atoms with E-state index in [-0.39, 0.29) is 11.7 Å². The SMILES string of the molecule is O=C(Cc1ccccc1)Nc1ccc(Nc2ccc(F)cc2)nc1. The molecule has 0 aliphatic rings. The van der Waals surface area contributed by atoms with E-state index in [1.54, 1.807) is 30.5 Å². The van der Waals surface area contributed by atoms with Crippen molar-refractivity contribution in [3.05, 3.63) is 84.3 Å². The molecule has 120 valence electrons. The molecule has 0 saturated heterocycles. The molecule has 0 aliphatic heterocycles. The van der Waals surface area contributed by atoms with Crippen LogP contribution in [0.5, 0.6) is 0 Å². The minimum atomic E-state index is -0.287. The van der Waals surface area contributed by atoms with Gasteiger partial charge in [-0.25, -0.2) is 9.37 Å². The lowest BCUT2D eigenvalue weighted by Crippen LogP contribution is -2.14. The van der Waals surface area contributed by atoms with Gasteiger partial charge in [0.1, 0.15) is 11.6 Å². The number of carbonyl (C=O) groups excluding carboxylic acids is 1.